The van der Waals surface area contributed by atoms with E-state index in [-0.39, 0.29) is 17.4 Å². The van der Waals surface area contributed by atoms with Gasteiger partial charge in [-0.2, -0.15) is 0 Å². The molecule has 0 unspecified atom stereocenters. The number of halogens is 1. The van der Waals surface area contributed by atoms with E-state index in [2.05, 4.69) is 5.32 Å². The van der Waals surface area contributed by atoms with Crippen LogP contribution in [-0.4, -0.2) is 18.9 Å². The Hall–Kier alpha value is -2.69. The minimum atomic E-state index is -0.635. The number of nitrogens with zero attached hydrogens (tertiary/aromatic N) is 1. The molecule has 4 nitrogen and oxygen atoms in total. The Kier molecular flexibility index (Phi) is 3.43. The summed E-state index contributed by atoms with van der Waals surface area (Å²) in [4.78, 5) is 26.1. The molecule has 0 fully saturated rings. The van der Waals surface area contributed by atoms with Gasteiger partial charge in [0.05, 0.1) is 5.41 Å². The first-order valence-corrected chi connectivity index (χ1v) is 7.30. The van der Waals surface area contributed by atoms with E-state index < -0.39 is 11.2 Å². The molecule has 2 amide bonds. The van der Waals surface area contributed by atoms with E-state index in [1.807, 2.05) is 19.9 Å². The van der Waals surface area contributed by atoms with Crippen LogP contribution < -0.4 is 10.2 Å². The molecular weight excluding hydrogens is 295 g/mol. The Bertz CT molecular complexity index is 814. The van der Waals surface area contributed by atoms with Gasteiger partial charge in [-0.1, -0.05) is 6.07 Å². The number of likely N-dealkylation sites (N-methyl/N-ethyl adjacent to an activating group) is 1. The van der Waals surface area contributed by atoms with Crippen LogP contribution in [0.2, 0.25) is 0 Å². The van der Waals surface area contributed by atoms with Gasteiger partial charge in [0.25, 0.3) is 5.91 Å². The summed E-state index contributed by atoms with van der Waals surface area (Å²) in [5, 5.41) is 2.75. The second-order valence-corrected chi connectivity index (χ2v) is 6.19. The average molecular weight is 312 g/mol. The third-order valence-electron chi connectivity index (χ3n) is 4.22. The lowest BCUT2D eigenvalue weighted by molar-refractivity contribution is -0.121. The van der Waals surface area contributed by atoms with Crippen LogP contribution in [0.25, 0.3) is 0 Å². The van der Waals surface area contributed by atoms with Crippen LogP contribution in [0.4, 0.5) is 15.8 Å². The third kappa shape index (κ3) is 2.48. The number of fused-ring (bicyclic) bond motifs is 1. The van der Waals surface area contributed by atoms with Gasteiger partial charge in [0.15, 0.2) is 0 Å². The summed E-state index contributed by atoms with van der Waals surface area (Å²) in [6.07, 6.45) is 0. The smallest absolute Gasteiger partial charge is 0.255 e. The van der Waals surface area contributed by atoms with Crippen LogP contribution in [0.5, 0.6) is 0 Å². The fourth-order valence-corrected chi connectivity index (χ4v) is 2.88. The lowest BCUT2D eigenvalue weighted by Crippen LogP contribution is -2.33. The average Bonchev–Trinajstić information content (AvgIpc) is 2.68. The molecule has 0 atom stereocenters. The molecule has 0 radical (unpaired) electrons. The van der Waals surface area contributed by atoms with E-state index in [1.54, 1.807) is 30.1 Å². The number of hydrogen-bond donors (Lipinski definition) is 1. The Morgan fingerprint density at radius 1 is 1.17 bits per heavy atom. The molecule has 2 aromatic carbocycles. The second kappa shape index (κ2) is 5.19. The lowest BCUT2D eigenvalue weighted by Gasteiger charge is -2.16. The van der Waals surface area contributed by atoms with Crippen molar-refractivity contribution in [3.63, 3.8) is 0 Å². The highest BCUT2D eigenvalue weighted by Gasteiger charge is 2.42. The van der Waals surface area contributed by atoms with Gasteiger partial charge in [0.1, 0.15) is 5.82 Å². The van der Waals surface area contributed by atoms with Crippen molar-refractivity contribution in [2.45, 2.75) is 19.3 Å². The standard InChI is InChI=1S/C18H17FN2O2/c1-18(2)14-10-13(7-8-15(14)21(3)17(18)23)20-16(22)11-5-4-6-12(19)9-11/h4-10H,1-3H3,(H,20,22). The van der Waals surface area contributed by atoms with Crippen LogP contribution >= 0.6 is 0 Å². The zero-order chi connectivity index (χ0) is 16.8. The van der Waals surface area contributed by atoms with E-state index in [1.165, 1.54) is 18.2 Å². The van der Waals surface area contributed by atoms with Crippen molar-refractivity contribution in [1.82, 2.24) is 0 Å². The molecule has 1 heterocycles. The van der Waals surface area contributed by atoms with Gasteiger partial charge in [0.2, 0.25) is 5.91 Å². The van der Waals surface area contributed by atoms with Crippen molar-refractivity contribution < 1.29 is 14.0 Å². The summed E-state index contributed by atoms with van der Waals surface area (Å²) < 4.78 is 13.2. The topological polar surface area (TPSA) is 49.4 Å². The van der Waals surface area contributed by atoms with E-state index in [0.717, 1.165) is 11.3 Å². The second-order valence-electron chi connectivity index (χ2n) is 6.19. The number of rotatable bonds is 2. The predicted octanol–water partition coefficient (Wildman–Crippen LogP) is 3.33. The maximum Gasteiger partial charge on any atom is 0.255 e. The van der Waals surface area contributed by atoms with Crippen LogP contribution in [0.1, 0.15) is 29.8 Å². The number of hydrogen-bond acceptors (Lipinski definition) is 2. The predicted molar refractivity (Wildman–Crippen MR) is 87.2 cm³/mol. The van der Waals surface area contributed by atoms with Crippen molar-refractivity contribution in [2.24, 2.45) is 0 Å². The number of benzene rings is 2. The summed E-state index contributed by atoms with van der Waals surface area (Å²) in [6.45, 7) is 3.71. The fourth-order valence-electron chi connectivity index (χ4n) is 2.88. The van der Waals surface area contributed by atoms with E-state index >= 15 is 0 Å². The molecule has 3 rings (SSSR count). The van der Waals surface area contributed by atoms with Gasteiger partial charge >= 0.3 is 0 Å². The first-order chi connectivity index (χ1) is 10.8. The lowest BCUT2D eigenvalue weighted by atomic mass is 9.86. The normalized spacial score (nSPS) is 15.5. The van der Waals surface area contributed by atoms with Crippen LogP contribution in [-0.2, 0) is 10.2 Å². The molecule has 0 saturated heterocycles. The Morgan fingerprint density at radius 3 is 2.61 bits per heavy atom. The van der Waals surface area contributed by atoms with Crippen molar-refractivity contribution in [3.05, 3.63) is 59.4 Å². The third-order valence-corrected chi connectivity index (χ3v) is 4.22. The maximum atomic E-state index is 13.2. The van der Waals surface area contributed by atoms with Crippen LogP contribution in [0.15, 0.2) is 42.5 Å². The van der Waals surface area contributed by atoms with Crippen LogP contribution in [0.3, 0.4) is 0 Å². The van der Waals surface area contributed by atoms with Gasteiger partial charge in [-0.25, -0.2) is 4.39 Å². The molecular formula is C18H17FN2O2. The van der Waals surface area contributed by atoms with E-state index in [4.69, 9.17) is 0 Å². The summed E-state index contributed by atoms with van der Waals surface area (Å²) in [5.41, 5.74) is 1.89. The molecule has 23 heavy (non-hydrogen) atoms. The van der Waals surface area contributed by atoms with Gasteiger partial charge in [-0.15, -0.1) is 0 Å². The summed E-state index contributed by atoms with van der Waals surface area (Å²) in [5.74, 6) is -0.832. The first-order valence-electron chi connectivity index (χ1n) is 7.30. The Labute approximate surface area is 133 Å². The number of anilines is 2. The Morgan fingerprint density at radius 2 is 1.91 bits per heavy atom. The Balaban J connectivity index is 1.91. The molecule has 0 spiro atoms. The maximum absolute atomic E-state index is 13.2. The molecule has 1 aliphatic heterocycles. The van der Waals surface area contributed by atoms with Gasteiger partial charge in [-0.05, 0) is 55.8 Å². The highest BCUT2D eigenvalue weighted by Crippen LogP contribution is 2.41. The zero-order valence-electron chi connectivity index (χ0n) is 13.2. The highest BCUT2D eigenvalue weighted by molar-refractivity contribution is 6.08. The van der Waals surface area contributed by atoms with Crippen molar-refractivity contribution in [2.75, 3.05) is 17.3 Å². The fraction of sp³-hybridized carbons (Fsp3) is 0.222. The molecule has 0 aliphatic carbocycles. The number of amides is 2. The van der Waals surface area contributed by atoms with Crippen molar-refractivity contribution in [1.29, 1.82) is 0 Å². The monoisotopic (exact) mass is 312 g/mol. The van der Waals surface area contributed by atoms with Crippen molar-refractivity contribution >= 4 is 23.2 Å². The molecule has 0 aromatic heterocycles. The number of carbonyl (C=O) groups is 2. The van der Waals surface area contributed by atoms with Gasteiger partial charge < -0.3 is 10.2 Å². The first kappa shape index (κ1) is 15.2. The molecule has 118 valence electrons. The quantitative estimate of drug-likeness (QED) is 0.924. The number of carbonyl (C=O) groups excluding carboxylic acids is 2. The van der Waals surface area contributed by atoms with Crippen LogP contribution in [0, 0.1) is 5.82 Å². The largest absolute Gasteiger partial charge is 0.322 e. The highest BCUT2D eigenvalue weighted by atomic mass is 19.1. The summed E-state index contributed by atoms with van der Waals surface area (Å²) in [6, 6.07) is 10.9. The van der Waals surface area contributed by atoms with Crippen molar-refractivity contribution in [3.8, 4) is 0 Å². The summed E-state index contributed by atoms with van der Waals surface area (Å²) in [7, 11) is 1.74. The van der Waals surface area contributed by atoms with Gasteiger partial charge in [-0.3, -0.25) is 9.59 Å². The minimum Gasteiger partial charge on any atom is -0.322 e. The molecule has 2 aromatic rings. The molecule has 0 saturated carbocycles. The molecule has 0 bridgehead atoms. The van der Waals surface area contributed by atoms with Gasteiger partial charge in [0, 0.05) is 24.0 Å². The summed E-state index contributed by atoms with van der Waals surface area (Å²) >= 11 is 0. The number of nitrogens with one attached hydrogen (secondary N) is 1. The molecule has 1 aliphatic rings. The SMILES string of the molecule is CN1C(=O)C(C)(C)c2cc(NC(=O)c3cccc(F)c3)ccc21. The minimum absolute atomic E-state index is 0.0149. The molecule has 1 N–H and O–H groups in total. The zero-order valence-corrected chi connectivity index (χ0v) is 13.2. The van der Waals surface area contributed by atoms with E-state index in [9.17, 15) is 14.0 Å². The molecule has 5 heteroatoms. The van der Waals surface area contributed by atoms with E-state index in [0.29, 0.717) is 5.69 Å².